The van der Waals surface area contributed by atoms with Gasteiger partial charge in [0.2, 0.25) is 11.8 Å². The monoisotopic (exact) mass is 1090 g/mol. The van der Waals surface area contributed by atoms with Gasteiger partial charge in [-0.1, -0.05) is 37.0 Å². The van der Waals surface area contributed by atoms with Gasteiger partial charge in [-0.05, 0) is 113 Å². The molecule has 12 atom stereocenters. The largest absolute Gasteiger partial charge is 0.458 e. The number of hydrogen-bond donors (Lipinski definition) is 7. The van der Waals surface area contributed by atoms with E-state index < -0.39 is 40.9 Å². The maximum absolute atomic E-state index is 13.5. The molecule has 0 bridgehead atoms. The van der Waals surface area contributed by atoms with Crippen molar-refractivity contribution in [2.24, 2.45) is 16.4 Å². The van der Waals surface area contributed by atoms with Crippen LogP contribution in [-0.2, 0) is 52.3 Å². The number of aliphatic hydroxyl groups excluding tert-OH is 1. The highest BCUT2D eigenvalue weighted by Crippen LogP contribution is 2.82. The summed E-state index contributed by atoms with van der Waals surface area (Å²) in [5.74, 6) is -0.878. The highest BCUT2D eigenvalue weighted by atomic mass is 16.7. The second kappa shape index (κ2) is 25.2. The molecule has 1 unspecified atom stereocenters. The number of amides is 6. The molecule has 0 aromatic heterocycles. The maximum Gasteiger partial charge on any atom is 0.407 e. The molecule has 0 radical (unpaired) electrons. The van der Waals surface area contributed by atoms with Crippen LogP contribution in [0.4, 0.5) is 15.3 Å². The molecule has 78 heavy (non-hydrogen) atoms. The number of azide groups is 1. The highest BCUT2D eigenvalue weighted by Gasteiger charge is 3.00. The van der Waals surface area contributed by atoms with E-state index in [2.05, 4.69) is 48.9 Å². The maximum atomic E-state index is 13.5. The van der Waals surface area contributed by atoms with E-state index in [4.69, 9.17) is 43.4 Å². The smallest absolute Gasteiger partial charge is 0.407 e. The lowest BCUT2D eigenvalue weighted by Crippen LogP contribution is -2.68. The lowest BCUT2D eigenvalue weighted by molar-refractivity contribution is -0.136. The molecule has 6 fully saturated rings. The van der Waals surface area contributed by atoms with Gasteiger partial charge >= 0.3 is 18.1 Å². The Morgan fingerprint density at radius 3 is 2.38 bits per heavy atom. The number of carbonyl (C=O) groups is 6. The molecule has 1 aromatic rings. The zero-order valence-corrected chi connectivity index (χ0v) is 44.8. The van der Waals surface area contributed by atoms with E-state index in [-0.39, 0.29) is 78.6 Å². The van der Waals surface area contributed by atoms with Crippen LogP contribution in [0.5, 0.6) is 0 Å². The van der Waals surface area contributed by atoms with Gasteiger partial charge in [0.1, 0.15) is 42.2 Å². The van der Waals surface area contributed by atoms with Gasteiger partial charge in [0.15, 0.2) is 5.60 Å². The van der Waals surface area contributed by atoms with Crippen molar-refractivity contribution >= 4 is 41.5 Å². The molecule has 5 heterocycles. The molecule has 1 aromatic carbocycles. The Balaban J connectivity index is 0.638. The molecule has 9 rings (SSSR count). The van der Waals surface area contributed by atoms with Gasteiger partial charge in [0.05, 0.1) is 45.2 Å². The third-order valence-corrected chi connectivity index (χ3v) is 17.3. The Morgan fingerprint density at radius 1 is 0.872 bits per heavy atom. The van der Waals surface area contributed by atoms with Crippen LogP contribution in [0, 0.1) is 11.3 Å². The summed E-state index contributed by atoms with van der Waals surface area (Å²) < 4.78 is 47.4. The summed E-state index contributed by atoms with van der Waals surface area (Å²) in [6.07, 6.45) is 6.77. The Labute approximate surface area is 453 Å². The van der Waals surface area contributed by atoms with Crippen molar-refractivity contribution in [2.75, 3.05) is 72.5 Å². The Bertz CT molecular complexity index is 2460. The first-order chi connectivity index (χ1) is 37.8. The van der Waals surface area contributed by atoms with E-state index in [0.29, 0.717) is 135 Å². The minimum absolute atomic E-state index is 0.0108. The van der Waals surface area contributed by atoms with Crippen molar-refractivity contribution in [2.45, 2.75) is 170 Å². The molecule has 6 amide bonds. The average Bonchev–Trinajstić information content (AvgIpc) is 2.12. The van der Waals surface area contributed by atoms with E-state index in [1.54, 1.807) is 18.2 Å². The molecule has 3 aliphatic carbocycles. The third-order valence-electron chi connectivity index (χ3n) is 17.3. The first-order valence-corrected chi connectivity index (χ1v) is 28.1. The van der Waals surface area contributed by atoms with Gasteiger partial charge in [0.25, 0.3) is 5.91 Å². The summed E-state index contributed by atoms with van der Waals surface area (Å²) in [6.45, 7) is 8.05. The van der Waals surface area contributed by atoms with E-state index >= 15 is 0 Å². The number of hydrogen-bond acceptors (Lipinski definition) is 16. The highest BCUT2D eigenvalue weighted by molar-refractivity contribution is 5.95. The number of alkyl carbamates (subject to hydrolysis) is 1. The van der Waals surface area contributed by atoms with Crippen molar-refractivity contribution in [3.8, 4) is 0 Å². The van der Waals surface area contributed by atoms with Gasteiger partial charge in [-0.2, -0.15) is 0 Å². The van der Waals surface area contributed by atoms with Crippen molar-refractivity contribution in [1.82, 2.24) is 31.9 Å². The fourth-order valence-electron chi connectivity index (χ4n) is 13.2. The second-order valence-electron chi connectivity index (χ2n) is 22.1. The van der Waals surface area contributed by atoms with Crippen LogP contribution in [0.3, 0.4) is 0 Å². The number of ether oxygens (including phenoxy) is 8. The van der Waals surface area contributed by atoms with Crippen LogP contribution >= 0.6 is 0 Å². The zero-order chi connectivity index (χ0) is 54.9. The fraction of sp³-hybridized carbons (Fsp3) is 0.741. The predicted molar refractivity (Wildman–Crippen MR) is 277 cm³/mol. The molecule has 5 aliphatic heterocycles. The van der Waals surface area contributed by atoms with Crippen molar-refractivity contribution in [3.63, 3.8) is 0 Å². The number of epoxide rings is 3. The van der Waals surface area contributed by atoms with Gasteiger partial charge in [-0.3, -0.25) is 14.4 Å². The number of aliphatic hydroxyl groups is 1. The summed E-state index contributed by atoms with van der Waals surface area (Å²) in [5, 5.41) is 32.8. The lowest BCUT2D eigenvalue weighted by Gasteiger charge is -2.53. The lowest BCUT2D eigenvalue weighted by atomic mass is 9.47. The summed E-state index contributed by atoms with van der Waals surface area (Å²) in [7, 11) is 0. The molecular formula is C54H77N9O15. The van der Waals surface area contributed by atoms with Gasteiger partial charge in [-0.15, -0.1) is 0 Å². The second-order valence-corrected chi connectivity index (χ2v) is 22.1. The minimum Gasteiger partial charge on any atom is -0.458 e. The molecule has 24 heteroatoms. The normalized spacial score (nSPS) is 31.4. The molecule has 7 N–H and O–H groups in total. The van der Waals surface area contributed by atoms with Crippen molar-refractivity contribution in [1.29, 1.82) is 0 Å². The molecule has 2 spiro atoms. The average molecular weight is 1090 g/mol. The van der Waals surface area contributed by atoms with Gasteiger partial charge < -0.3 is 74.9 Å². The number of unbranched alkanes of at least 4 members (excludes halogenated alkanes) is 3. The molecule has 8 aliphatic rings. The number of nitrogens with one attached hydrogen (secondary N) is 6. The van der Waals surface area contributed by atoms with E-state index in [1.165, 1.54) is 6.07 Å². The molecule has 4 saturated heterocycles. The summed E-state index contributed by atoms with van der Waals surface area (Å²) >= 11 is 0. The number of rotatable bonds is 33. The molecule has 2 saturated carbocycles. The first kappa shape index (κ1) is 57.1. The number of carbonyl (C=O) groups excluding carboxylic acids is 6. The van der Waals surface area contributed by atoms with E-state index in [9.17, 15) is 33.9 Å². The standard InChI is InChI=1S/C54H77N9O15/c1-33-39(60-49(69)59-33)14-4-3-5-16-42(64)56-21-10-23-71-26-28-73-29-27-72-24-11-22-58-46(66)40(15-6-7-20-57-45(65)34-12-8-13-35(30-34)62-63-55)61-50(70)74-25-9-18-52-43(77-52)44-54(78-44)51(2)19-17-36-37(32-75-47(36)67)38(51)31-41-53(54,76-41)48(52)68/h8,12-13,30,33,38-41,43-44,48,68H,3-7,9-11,14-29,31-32H2,1-2H3,(H,56,64)(H,57,65)(H,58,66)(H,61,70)(H2,59,60,69)/t33-,38-,39+,40?,41-,43-,44-,48+,51-,52-,53+,54+/m0/s1. The van der Waals surface area contributed by atoms with Gasteiger partial charge in [0, 0.05) is 72.5 Å². The van der Waals surface area contributed by atoms with Crippen molar-refractivity contribution < 1.29 is 71.8 Å². The number of urea groups is 1. The Hall–Kier alpha value is -5.59. The summed E-state index contributed by atoms with van der Waals surface area (Å²) in [6, 6.07) is 5.55. The summed E-state index contributed by atoms with van der Waals surface area (Å²) in [5.41, 5.74) is 8.36. The molecule has 428 valence electrons. The molecule has 24 nitrogen and oxygen atoms in total. The quantitative estimate of drug-likeness (QED) is 0.0131. The third kappa shape index (κ3) is 12.1. The predicted octanol–water partition coefficient (Wildman–Crippen LogP) is 3.95. The Kier molecular flexibility index (Phi) is 18.5. The van der Waals surface area contributed by atoms with Crippen LogP contribution in [0.15, 0.2) is 40.5 Å². The number of benzene rings is 1. The van der Waals surface area contributed by atoms with Crippen LogP contribution in [0.2, 0.25) is 0 Å². The van der Waals surface area contributed by atoms with Crippen LogP contribution < -0.4 is 31.9 Å². The fourth-order valence-corrected chi connectivity index (χ4v) is 13.2. The van der Waals surface area contributed by atoms with Crippen LogP contribution in [-0.4, -0.2) is 173 Å². The molecular weight excluding hydrogens is 1010 g/mol. The summed E-state index contributed by atoms with van der Waals surface area (Å²) in [4.78, 5) is 78.2. The number of cyclic esters (lactones) is 1. The van der Waals surface area contributed by atoms with Crippen LogP contribution in [0.1, 0.15) is 121 Å². The topological polar surface area (TPSA) is 327 Å². The van der Waals surface area contributed by atoms with Crippen LogP contribution in [0.25, 0.3) is 10.4 Å². The number of esters is 1. The van der Waals surface area contributed by atoms with Gasteiger partial charge in [-0.25, -0.2) is 14.4 Å². The minimum atomic E-state index is -0.951. The van der Waals surface area contributed by atoms with E-state index in [1.807, 2.05) is 6.92 Å². The first-order valence-electron chi connectivity index (χ1n) is 28.1. The Morgan fingerprint density at radius 2 is 1.63 bits per heavy atom. The SMILES string of the molecule is C[C@@H]1NC(=O)N[C@@H]1CCCCCC(=O)NCCCOCCOCCOCCCNC(=O)C(CCCCNC(=O)c1cccc(N=[N+]=[N-])c1)NC(=O)OCCC[C@]12O[C@H]1[C@@H]1O[C@]13[C@]1(O[C@H]1C[C@H]1C4=C(CC[C@@]13C)C(=O)OC4)[C@@H]2O. The number of nitrogens with zero attached hydrogens (tertiary/aromatic N) is 3. The van der Waals surface area contributed by atoms with Crippen molar-refractivity contribution in [3.05, 3.63) is 51.4 Å². The zero-order valence-electron chi connectivity index (χ0n) is 44.8. The van der Waals surface area contributed by atoms with E-state index in [0.717, 1.165) is 43.3 Å². The number of fused-ring (bicyclic) bond motifs is 4.